The van der Waals surface area contributed by atoms with Crippen LogP contribution in [-0.2, 0) is 0 Å². The average Bonchev–Trinajstić information content (AvgIpc) is 3.18. The zero-order valence-electron chi connectivity index (χ0n) is 21.7. The van der Waals surface area contributed by atoms with E-state index in [0.29, 0.717) is 30.0 Å². The first-order chi connectivity index (χ1) is 18.2. The Hall–Kier alpha value is -3.80. The Morgan fingerprint density at radius 3 is 1.81 bits per heavy atom. The summed E-state index contributed by atoms with van der Waals surface area (Å²) in [6.07, 6.45) is 7.26. The predicted molar refractivity (Wildman–Crippen MR) is 145 cm³/mol. The number of carbonyl (C=O) groups is 2. The van der Waals surface area contributed by atoms with Gasteiger partial charge in [-0.2, -0.15) is 0 Å². The van der Waals surface area contributed by atoms with E-state index < -0.39 is 0 Å². The van der Waals surface area contributed by atoms with Gasteiger partial charge in [-0.15, -0.1) is 0 Å². The van der Waals surface area contributed by atoms with Gasteiger partial charge in [0.05, 0.1) is 37.5 Å². The van der Waals surface area contributed by atoms with Crippen molar-refractivity contribution in [2.75, 3.05) is 27.4 Å². The molecule has 1 heterocycles. The van der Waals surface area contributed by atoms with Crippen molar-refractivity contribution in [3.63, 3.8) is 0 Å². The van der Waals surface area contributed by atoms with Crippen molar-refractivity contribution in [3.05, 3.63) is 77.9 Å². The van der Waals surface area contributed by atoms with E-state index in [2.05, 4.69) is 0 Å². The highest BCUT2D eigenvalue weighted by molar-refractivity contribution is 6.21. The number of fused-ring (bicyclic) bond motifs is 1. The van der Waals surface area contributed by atoms with Gasteiger partial charge in [-0.1, -0.05) is 74.6 Å². The SMILES string of the molecule is COc1ccc(OCCCCCCCCCN2C(=O)c3ccccc3C2=O)c(OC)c1-c1ccccc1. The summed E-state index contributed by atoms with van der Waals surface area (Å²) in [5, 5.41) is 0. The van der Waals surface area contributed by atoms with Crippen molar-refractivity contribution in [2.24, 2.45) is 0 Å². The molecule has 6 heteroatoms. The average molecular weight is 502 g/mol. The quantitative estimate of drug-likeness (QED) is 0.180. The molecular formula is C31H35NO5. The number of hydrogen-bond donors (Lipinski definition) is 0. The molecule has 0 atom stereocenters. The minimum Gasteiger partial charge on any atom is -0.496 e. The van der Waals surface area contributed by atoms with E-state index in [1.165, 1.54) is 4.90 Å². The summed E-state index contributed by atoms with van der Waals surface area (Å²) in [5.41, 5.74) is 2.96. The Labute approximate surface area is 219 Å². The van der Waals surface area contributed by atoms with Gasteiger partial charge in [-0.3, -0.25) is 14.5 Å². The molecule has 0 aliphatic carbocycles. The van der Waals surface area contributed by atoms with Crippen molar-refractivity contribution in [1.82, 2.24) is 4.90 Å². The van der Waals surface area contributed by atoms with Gasteiger partial charge in [0.1, 0.15) is 5.75 Å². The molecule has 6 nitrogen and oxygen atoms in total. The molecule has 0 N–H and O–H groups in total. The predicted octanol–water partition coefficient (Wildman–Crippen LogP) is 6.78. The van der Waals surface area contributed by atoms with E-state index in [1.54, 1.807) is 38.5 Å². The van der Waals surface area contributed by atoms with Gasteiger partial charge in [0.25, 0.3) is 11.8 Å². The molecule has 1 aliphatic heterocycles. The van der Waals surface area contributed by atoms with Crippen molar-refractivity contribution < 1.29 is 23.8 Å². The number of imide groups is 1. The molecule has 2 amide bonds. The molecule has 0 bridgehead atoms. The first-order valence-electron chi connectivity index (χ1n) is 13.0. The maximum atomic E-state index is 12.4. The van der Waals surface area contributed by atoms with Crippen LogP contribution in [0.4, 0.5) is 0 Å². The van der Waals surface area contributed by atoms with Crippen molar-refractivity contribution >= 4 is 11.8 Å². The Bertz CT molecular complexity index is 1170. The standard InChI is InChI=1S/C31H35NO5/c1-35-26-19-20-27(29(36-2)28(26)23-15-9-8-10-16-23)37-22-14-7-5-3-4-6-13-21-32-30(33)24-17-11-12-18-25(24)31(32)34/h8-12,15-20H,3-7,13-14,21-22H2,1-2H3. The molecule has 0 aromatic heterocycles. The van der Waals surface area contributed by atoms with E-state index in [4.69, 9.17) is 14.2 Å². The molecule has 3 aromatic rings. The summed E-state index contributed by atoms with van der Waals surface area (Å²) in [6, 6.07) is 20.9. The molecule has 0 saturated heterocycles. The lowest BCUT2D eigenvalue weighted by Crippen LogP contribution is -2.30. The second kappa shape index (κ2) is 12.9. The Morgan fingerprint density at radius 2 is 1.19 bits per heavy atom. The van der Waals surface area contributed by atoms with Gasteiger partial charge in [-0.25, -0.2) is 0 Å². The fourth-order valence-electron chi connectivity index (χ4n) is 4.79. The van der Waals surface area contributed by atoms with Crippen LogP contribution in [0.3, 0.4) is 0 Å². The number of rotatable bonds is 14. The molecule has 0 unspecified atom stereocenters. The molecule has 194 valence electrons. The van der Waals surface area contributed by atoms with E-state index in [9.17, 15) is 9.59 Å². The minimum absolute atomic E-state index is 0.162. The largest absolute Gasteiger partial charge is 0.496 e. The number of nitrogens with zero attached hydrogens (tertiary/aromatic N) is 1. The fraction of sp³-hybridized carbons (Fsp3) is 0.355. The zero-order chi connectivity index (χ0) is 26.0. The third-order valence-corrected chi connectivity index (χ3v) is 6.73. The Kier molecular flexibility index (Phi) is 9.19. The van der Waals surface area contributed by atoms with E-state index >= 15 is 0 Å². The third kappa shape index (κ3) is 6.13. The molecule has 0 saturated carbocycles. The van der Waals surface area contributed by atoms with Gasteiger partial charge in [0.2, 0.25) is 0 Å². The van der Waals surface area contributed by atoms with Crippen LogP contribution in [0, 0.1) is 0 Å². The highest BCUT2D eigenvalue weighted by Gasteiger charge is 2.34. The lowest BCUT2D eigenvalue weighted by molar-refractivity contribution is 0.0651. The maximum Gasteiger partial charge on any atom is 0.261 e. The van der Waals surface area contributed by atoms with Gasteiger partial charge in [-0.05, 0) is 42.7 Å². The Balaban J connectivity index is 1.14. The number of benzene rings is 3. The van der Waals surface area contributed by atoms with Crippen molar-refractivity contribution in [2.45, 2.75) is 44.9 Å². The third-order valence-electron chi connectivity index (χ3n) is 6.73. The molecule has 4 rings (SSSR count). The van der Waals surface area contributed by atoms with Crippen LogP contribution < -0.4 is 14.2 Å². The fourth-order valence-corrected chi connectivity index (χ4v) is 4.79. The summed E-state index contributed by atoms with van der Waals surface area (Å²) in [5.74, 6) is 1.83. The summed E-state index contributed by atoms with van der Waals surface area (Å²) >= 11 is 0. The lowest BCUT2D eigenvalue weighted by atomic mass is 10.0. The van der Waals surface area contributed by atoms with Crippen LogP contribution >= 0.6 is 0 Å². The van der Waals surface area contributed by atoms with Crippen LogP contribution in [0.5, 0.6) is 17.2 Å². The van der Waals surface area contributed by atoms with Crippen LogP contribution in [0.2, 0.25) is 0 Å². The van der Waals surface area contributed by atoms with Crippen LogP contribution in [0.1, 0.15) is 65.7 Å². The Morgan fingerprint density at radius 1 is 0.622 bits per heavy atom. The molecule has 0 fully saturated rings. The molecule has 1 aliphatic rings. The highest BCUT2D eigenvalue weighted by atomic mass is 16.5. The van der Waals surface area contributed by atoms with E-state index in [-0.39, 0.29) is 11.8 Å². The second-order valence-electron chi connectivity index (χ2n) is 9.17. The van der Waals surface area contributed by atoms with Crippen LogP contribution in [0.25, 0.3) is 11.1 Å². The van der Waals surface area contributed by atoms with E-state index in [1.807, 2.05) is 42.5 Å². The van der Waals surface area contributed by atoms with E-state index in [0.717, 1.165) is 67.6 Å². The molecule has 37 heavy (non-hydrogen) atoms. The van der Waals surface area contributed by atoms with Gasteiger partial charge in [0, 0.05) is 6.54 Å². The number of ether oxygens (including phenoxy) is 3. The zero-order valence-corrected chi connectivity index (χ0v) is 21.7. The number of hydrogen-bond acceptors (Lipinski definition) is 5. The number of unbranched alkanes of at least 4 members (excludes halogenated alkanes) is 6. The number of methoxy groups -OCH3 is 2. The molecular weight excluding hydrogens is 466 g/mol. The van der Waals surface area contributed by atoms with Crippen LogP contribution in [-0.4, -0.2) is 44.1 Å². The molecule has 0 radical (unpaired) electrons. The second-order valence-corrected chi connectivity index (χ2v) is 9.17. The summed E-state index contributed by atoms with van der Waals surface area (Å²) in [4.78, 5) is 26.2. The molecule has 3 aromatic carbocycles. The number of carbonyl (C=O) groups excluding carboxylic acids is 2. The minimum atomic E-state index is -0.162. The lowest BCUT2D eigenvalue weighted by Gasteiger charge is -2.17. The summed E-state index contributed by atoms with van der Waals surface area (Å²) < 4.78 is 17.4. The summed E-state index contributed by atoms with van der Waals surface area (Å²) in [6.45, 7) is 1.12. The molecule has 0 spiro atoms. The van der Waals surface area contributed by atoms with Gasteiger partial charge >= 0.3 is 0 Å². The maximum absolute atomic E-state index is 12.4. The topological polar surface area (TPSA) is 65.1 Å². The van der Waals surface area contributed by atoms with Gasteiger partial charge < -0.3 is 14.2 Å². The first-order valence-corrected chi connectivity index (χ1v) is 13.0. The monoisotopic (exact) mass is 501 g/mol. The highest BCUT2D eigenvalue weighted by Crippen LogP contribution is 2.44. The van der Waals surface area contributed by atoms with Crippen molar-refractivity contribution in [3.8, 4) is 28.4 Å². The normalized spacial score (nSPS) is 12.5. The number of amides is 2. The first kappa shape index (κ1) is 26.3. The smallest absolute Gasteiger partial charge is 0.261 e. The van der Waals surface area contributed by atoms with Gasteiger partial charge in [0.15, 0.2) is 11.5 Å². The van der Waals surface area contributed by atoms with Crippen LogP contribution in [0.15, 0.2) is 66.7 Å². The summed E-state index contributed by atoms with van der Waals surface area (Å²) in [7, 11) is 3.31. The van der Waals surface area contributed by atoms with Crippen molar-refractivity contribution in [1.29, 1.82) is 0 Å².